The van der Waals surface area contributed by atoms with E-state index in [-0.39, 0.29) is 18.4 Å². The minimum absolute atomic E-state index is 0.0384. The van der Waals surface area contributed by atoms with E-state index < -0.39 is 6.10 Å². The van der Waals surface area contributed by atoms with Crippen molar-refractivity contribution in [1.82, 2.24) is 5.32 Å². The molecule has 0 radical (unpaired) electrons. The van der Waals surface area contributed by atoms with E-state index in [1.807, 2.05) is 6.92 Å². The number of methoxy groups -OCH3 is 1. The highest BCUT2D eigenvalue weighted by atomic mass is 16.5. The third kappa shape index (κ3) is 6.43. The number of ether oxygens (including phenoxy) is 2. The Labute approximate surface area is 119 Å². The smallest absolute Gasteiger partial charge is 0.223 e. The highest BCUT2D eigenvalue weighted by molar-refractivity contribution is 5.76. The van der Waals surface area contributed by atoms with Crippen LogP contribution >= 0.6 is 0 Å². The van der Waals surface area contributed by atoms with Gasteiger partial charge in [0.15, 0.2) is 0 Å². The lowest BCUT2D eigenvalue weighted by Crippen LogP contribution is -2.35. The van der Waals surface area contributed by atoms with Crippen LogP contribution in [0.4, 0.5) is 0 Å². The quantitative estimate of drug-likeness (QED) is 0.761. The Morgan fingerprint density at radius 2 is 1.85 bits per heavy atom. The molecule has 0 aliphatic heterocycles. The third-order valence-corrected chi connectivity index (χ3v) is 2.76. The first-order valence-electron chi connectivity index (χ1n) is 6.75. The van der Waals surface area contributed by atoms with Gasteiger partial charge in [-0.2, -0.15) is 0 Å². The zero-order valence-corrected chi connectivity index (χ0v) is 12.3. The summed E-state index contributed by atoms with van der Waals surface area (Å²) in [4.78, 5) is 11.6. The van der Waals surface area contributed by atoms with Crippen molar-refractivity contribution in [2.24, 2.45) is 0 Å². The molecule has 0 fully saturated rings. The van der Waals surface area contributed by atoms with Gasteiger partial charge in [0.25, 0.3) is 0 Å². The summed E-state index contributed by atoms with van der Waals surface area (Å²) in [7, 11) is 1.61. The summed E-state index contributed by atoms with van der Waals surface area (Å²) < 4.78 is 10.5. The second-order valence-electron chi connectivity index (χ2n) is 4.83. The first-order valence-corrected chi connectivity index (χ1v) is 6.75. The van der Waals surface area contributed by atoms with Crippen LogP contribution in [-0.2, 0) is 4.79 Å². The van der Waals surface area contributed by atoms with Crippen molar-refractivity contribution in [1.29, 1.82) is 0 Å². The number of hydrogen-bond acceptors (Lipinski definition) is 4. The van der Waals surface area contributed by atoms with Crippen LogP contribution < -0.4 is 14.8 Å². The summed E-state index contributed by atoms with van der Waals surface area (Å²) >= 11 is 0. The predicted octanol–water partition coefficient (Wildman–Crippen LogP) is 1.74. The second kappa shape index (κ2) is 8.43. The van der Waals surface area contributed by atoms with E-state index in [2.05, 4.69) is 5.32 Å². The molecule has 0 aliphatic rings. The molecule has 2 unspecified atom stereocenters. The Kier molecular flexibility index (Phi) is 6.87. The van der Waals surface area contributed by atoms with Gasteiger partial charge in [-0.15, -0.1) is 0 Å². The van der Waals surface area contributed by atoms with Crippen molar-refractivity contribution >= 4 is 5.91 Å². The van der Waals surface area contributed by atoms with E-state index in [9.17, 15) is 9.90 Å². The van der Waals surface area contributed by atoms with Gasteiger partial charge in [0.1, 0.15) is 11.5 Å². The van der Waals surface area contributed by atoms with Crippen LogP contribution in [0.25, 0.3) is 0 Å². The molecule has 0 aromatic heterocycles. The zero-order chi connectivity index (χ0) is 15.0. The summed E-state index contributed by atoms with van der Waals surface area (Å²) in [6, 6.07) is 7.17. The second-order valence-corrected chi connectivity index (χ2v) is 4.83. The molecular formula is C15H23NO4. The molecule has 0 saturated heterocycles. The van der Waals surface area contributed by atoms with Gasteiger partial charge in [-0.1, -0.05) is 0 Å². The van der Waals surface area contributed by atoms with E-state index >= 15 is 0 Å². The number of hydrogen-bond donors (Lipinski definition) is 2. The van der Waals surface area contributed by atoms with Crippen LogP contribution in [-0.4, -0.2) is 36.9 Å². The average molecular weight is 281 g/mol. The van der Waals surface area contributed by atoms with Crippen molar-refractivity contribution in [3.63, 3.8) is 0 Å². The normalized spacial score (nSPS) is 13.4. The highest BCUT2D eigenvalue weighted by Gasteiger charge is 2.09. The summed E-state index contributed by atoms with van der Waals surface area (Å²) in [5.41, 5.74) is 0. The SMILES string of the molecule is COc1ccc(OCCC(=O)NC(C)CC(C)O)cc1. The minimum atomic E-state index is -0.416. The van der Waals surface area contributed by atoms with Gasteiger partial charge in [0, 0.05) is 6.04 Å². The number of benzene rings is 1. The Bertz CT molecular complexity index is 403. The number of amides is 1. The molecule has 0 saturated carbocycles. The average Bonchev–Trinajstić information content (AvgIpc) is 2.38. The van der Waals surface area contributed by atoms with Crippen LogP contribution in [0.5, 0.6) is 11.5 Å². The lowest BCUT2D eigenvalue weighted by molar-refractivity contribution is -0.122. The Balaban J connectivity index is 2.24. The van der Waals surface area contributed by atoms with Crippen molar-refractivity contribution in [3.8, 4) is 11.5 Å². The first-order chi connectivity index (χ1) is 9.51. The van der Waals surface area contributed by atoms with Crippen molar-refractivity contribution < 1.29 is 19.4 Å². The Morgan fingerprint density at radius 1 is 1.25 bits per heavy atom. The number of rotatable bonds is 8. The fourth-order valence-corrected chi connectivity index (χ4v) is 1.85. The molecule has 0 spiro atoms. The Morgan fingerprint density at radius 3 is 2.40 bits per heavy atom. The summed E-state index contributed by atoms with van der Waals surface area (Å²) in [6.45, 7) is 3.89. The largest absolute Gasteiger partial charge is 0.497 e. The van der Waals surface area contributed by atoms with Gasteiger partial charge in [0.2, 0.25) is 5.91 Å². The molecule has 5 heteroatoms. The van der Waals surface area contributed by atoms with Gasteiger partial charge in [-0.05, 0) is 44.5 Å². The van der Waals surface area contributed by atoms with Crippen LogP contribution in [0.1, 0.15) is 26.7 Å². The molecule has 5 nitrogen and oxygen atoms in total. The standard InChI is InChI=1S/C15H23NO4/c1-11(10-12(2)17)16-15(18)8-9-20-14-6-4-13(19-3)5-7-14/h4-7,11-12,17H,8-10H2,1-3H3,(H,16,18). The van der Waals surface area contributed by atoms with E-state index in [4.69, 9.17) is 9.47 Å². The molecule has 0 bridgehead atoms. The number of nitrogens with one attached hydrogen (secondary N) is 1. The number of carbonyl (C=O) groups is 1. The minimum Gasteiger partial charge on any atom is -0.497 e. The topological polar surface area (TPSA) is 67.8 Å². The Hall–Kier alpha value is -1.75. The molecule has 1 amide bonds. The van der Waals surface area contributed by atoms with E-state index in [1.165, 1.54) is 0 Å². The zero-order valence-electron chi connectivity index (χ0n) is 12.3. The van der Waals surface area contributed by atoms with Gasteiger partial charge in [-0.25, -0.2) is 0 Å². The highest BCUT2D eigenvalue weighted by Crippen LogP contribution is 2.16. The van der Waals surface area contributed by atoms with Crippen molar-refractivity contribution in [2.45, 2.75) is 38.8 Å². The molecule has 1 aromatic rings. The summed E-state index contributed by atoms with van der Waals surface area (Å²) in [5.74, 6) is 1.39. The van der Waals surface area contributed by atoms with Gasteiger partial charge >= 0.3 is 0 Å². The van der Waals surface area contributed by atoms with Gasteiger partial charge in [-0.3, -0.25) is 4.79 Å². The molecule has 1 aromatic carbocycles. The van der Waals surface area contributed by atoms with Gasteiger partial charge < -0.3 is 19.9 Å². The van der Waals surface area contributed by atoms with Gasteiger partial charge in [0.05, 0.1) is 26.2 Å². The molecule has 0 aliphatic carbocycles. The van der Waals surface area contributed by atoms with Crippen LogP contribution in [0.2, 0.25) is 0 Å². The third-order valence-electron chi connectivity index (χ3n) is 2.76. The molecular weight excluding hydrogens is 258 g/mol. The van der Waals surface area contributed by atoms with Crippen LogP contribution in [0.15, 0.2) is 24.3 Å². The monoisotopic (exact) mass is 281 g/mol. The van der Waals surface area contributed by atoms with Crippen LogP contribution in [0.3, 0.4) is 0 Å². The first kappa shape index (κ1) is 16.3. The summed E-state index contributed by atoms with van der Waals surface area (Å²) in [6.07, 6.45) is 0.419. The summed E-state index contributed by atoms with van der Waals surface area (Å²) in [5, 5.41) is 12.0. The van der Waals surface area contributed by atoms with E-state index in [0.717, 1.165) is 5.75 Å². The maximum atomic E-state index is 11.6. The van der Waals surface area contributed by atoms with E-state index in [0.29, 0.717) is 18.8 Å². The number of aliphatic hydroxyl groups excluding tert-OH is 1. The lowest BCUT2D eigenvalue weighted by Gasteiger charge is -2.15. The fourth-order valence-electron chi connectivity index (χ4n) is 1.85. The maximum Gasteiger partial charge on any atom is 0.223 e. The molecule has 20 heavy (non-hydrogen) atoms. The molecule has 0 heterocycles. The van der Waals surface area contributed by atoms with E-state index in [1.54, 1.807) is 38.3 Å². The maximum absolute atomic E-state index is 11.6. The van der Waals surface area contributed by atoms with Crippen molar-refractivity contribution in [2.75, 3.05) is 13.7 Å². The van der Waals surface area contributed by atoms with Crippen LogP contribution in [0, 0.1) is 0 Å². The molecule has 2 atom stereocenters. The number of carbonyl (C=O) groups excluding carboxylic acids is 1. The lowest BCUT2D eigenvalue weighted by atomic mass is 10.1. The fraction of sp³-hybridized carbons (Fsp3) is 0.533. The molecule has 112 valence electrons. The predicted molar refractivity (Wildman–Crippen MR) is 77.0 cm³/mol. The molecule has 2 N–H and O–H groups in total. The van der Waals surface area contributed by atoms with Crippen molar-refractivity contribution in [3.05, 3.63) is 24.3 Å². The number of aliphatic hydroxyl groups is 1. The molecule has 1 rings (SSSR count).